The molecule has 126 valence electrons. The van der Waals surface area contributed by atoms with Gasteiger partial charge in [-0.3, -0.25) is 4.79 Å². The maximum absolute atomic E-state index is 11.9. The minimum Gasteiger partial charge on any atom is -0.352 e. The summed E-state index contributed by atoms with van der Waals surface area (Å²) in [6, 6.07) is 18.3. The van der Waals surface area contributed by atoms with Crippen molar-refractivity contribution in [2.45, 2.75) is 12.8 Å². The zero-order chi connectivity index (χ0) is 17.3. The van der Waals surface area contributed by atoms with E-state index in [1.165, 1.54) is 11.1 Å². The molecule has 1 amide bonds. The van der Waals surface area contributed by atoms with Gasteiger partial charge in [-0.15, -0.1) is 0 Å². The highest BCUT2D eigenvalue weighted by Gasteiger charge is 1.99. The van der Waals surface area contributed by atoms with Gasteiger partial charge in [0.05, 0.1) is 6.33 Å². The van der Waals surface area contributed by atoms with Crippen LogP contribution >= 0.6 is 0 Å². The van der Waals surface area contributed by atoms with E-state index in [0.29, 0.717) is 6.54 Å². The van der Waals surface area contributed by atoms with Gasteiger partial charge < -0.3 is 10.3 Å². The molecule has 4 nitrogen and oxygen atoms in total. The fraction of sp³-hybridized carbons (Fsp3) is 0.143. The normalized spacial score (nSPS) is 10.9. The van der Waals surface area contributed by atoms with Gasteiger partial charge >= 0.3 is 0 Å². The number of aromatic amines is 1. The van der Waals surface area contributed by atoms with Crippen LogP contribution in [0.4, 0.5) is 0 Å². The number of carbonyl (C=O) groups excluding carboxylic acids is 1. The van der Waals surface area contributed by atoms with Crippen LogP contribution < -0.4 is 5.32 Å². The smallest absolute Gasteiger partial charge is 0.244 e. The molecule has 1 heterocycles. The molecule has 0 radical (unpaired) electrons. The molecule has 0 bridgehead atoms. The van der Waals surface area contributed by atoms with E-state index in [0.717, 1.165) is 24.1 Å². The maximum atomic E-state index is 11.9. The van der Waals surface area contributed by atoms with Gasteiger partial charge in [0.1, 0.15) is 0 Å². The van der Waals surface area contributed by atoms with Crippen molar-refractivity contribution in [3.8, 4) is 0 Å². The molecule has 2 N–H and O–H groups in total. The molecule has 0 aliphatic rings. The van der Waals surface area contributed by atoms with Crippen molar-refractivity contribution in [2.24, 2.45) is 0 Å². The predicted octanol–water partition coefficient (Wildman–Crippen LogP) is 3.37. The fourth-order valence-electron chi connectivity index (χ4n) is 2.55. The van der Waals surface area contributed by atoms with Gasteiger partial charge in [-0.05, 0) is 29.2 Å². The molecule has 0 saturated carbocycles. The molecule has 1 aromatic heterocycles. The Morgan fingerprint density at radius 2 is 1.84 bits per heavy atom. The summed E-state index contributed by atoms with van der Waals surface area (Å²) in [6.45, 7) is 0.635. The molecule has 0 atom stereocenters. The maximum Gasteiger partial charge on any atom is 0.244 e. The molecule has 2 aromatic carbocycles. The van der Waals surface area contributed by atoms with Crippen LogP contribution in [0.2, 0.25) is 0 Å². The van der Waals surface area contributed by atoms with Crippen LogP contribution in [0.15, 0.2) is 73.2 Å². The first-order valence-corrected chi connectivity index (χ1v) is 8.35. The summed E-state index contributed by atoms with van der Waals surface area (Å²) in [4.78, 5) is 19.0. The van der Waals surface area contributed by atoms with E-state index >= 15 is 0 Å². The Balaban J connectivity index is 1.45. The van der Waals surface area contributed by atoms with E-state index in [9.17, 15) is 4.79 Å². The van der Waals surface area contributed by atoms with Crippen molar-refractivity contribution in [3.05, 3.63) is 95.6 Å². The summed E-state index contributed by atoms with van der Waals surface area (Å²) in [5, 5.41) is 2.91. The Hall–Kier alpha value is -3.14. The molecule has 0 spiro atoms. The van der Waals surface area contributed by atoms with E-state index in [1.807, 2.05) is 42.6 Å². The van der Waals surface area contributed by atoms with Crippen molar-refractivity contribution in [2.75, 3.05) is 6.54 Å². The van der Waals surface area contributed by atoms with Crippen molar-refractivity contribution in [1.29, 1.82) is 0 Å². The molecule has 0 aliphatic heterocycles. The molecule has 0 fully saturated rings. The van der Waals surface area contributed by atoms with Crippen LogP contribution in [0.1, 0.15) is 22.4 Å². The number of imidazole rings is 1. The van der Waals surface area contributed by atoms with E-state index < -0.39 is 0 Å². The quantitative estimate of drug-likeness (QED) is 0.652. The molecule has 0 unspecified atom stereocenters. The topological polar surface area (TPSA) is 57.8 Å². The fourth-order valence-corrected chi connectivity index (χ4v) is 2.55. The predicted molar refractivity (Wildman–Crippen MR) is 100 cm³/mol. The van der Waals surface area contributed by atoms with E-state index in [1.54, 1.807) is 12.4 Å². The van der Waals surface area contributed by atoms with E-state index in [-0.39, 0.29) is 5.91 Å². The number of carbonyl (C=O) groups is 1. The number of nitrogens with one attached hydrogen (secondary N) is 2. The van der Waals surface area contributed by atoms with Gasteiger partial charge in [-0.1, -0.05) is 54.6 Å². The van der Waals surface area contributed by atoms with Gasteiger partial charge in [0, 0.05) is 30.9 Å². The number of nitrogens with zero attached hydrogens (tertiary/aromatic N) is 1. The monoisotopic (exact) mass is 331 g/mol. The van der Waals surface area contributed by atoms with Crippen molar-refractivity contribution >= 4 is 12.0 Å². The summed E-state index contributed by atoms with van der Waals surface area (Å²) in [5.74, 6) is -0.0718. The minimum atomic E-state index is -0.0718. The SMILES string of the molecule is O=C(/C=C/c1ccc(Cc2cnc[nH]2)cc1)NCCc1ccccc1. The lowest BCUT2D eigenvalue weighted by atomic mass is 10.1. The zero-order valence-electron chi connectivity index (χ0n) is 14.0. The van der Waals surface area contributed by atoms with Crippen LogP contribution in [0, 0.1) is 0 Å². The summed E-state index contributed by atoms with van der Waals surface area (Å²) in [7, 11) is 0. The average molecular weight is 331 g/mol. The number of benzene rings is 2. The molecule has 4 heteroatoms. The number of hydrogen-bond donors (Lipinski definition) is 2. The number of H-pyrrole nitrogens is 1. The summed E-state index contributed by atoms with van der Waals surface area (Å²) in [5.41, 5.74) is 4.51. The molecule has 0 saturated heterocycles. The number of amides is 1. The molecular formula is C21H21N3O. The van der Waals surface area contributed by atoms with Crippen molar-refractivity contribution < 1.29 is 4.79 Å². The van der Waals surface area contributed by atoms with Gasteiger partial charge in [0.25, 0.3) is 0 Å². The van der Waals surface area contributed by atoms with Crippen LogP contribution in [0.3, 0.4) is 0 Å². The van der Waals surface area contributed by atoms with Gasteiger partial charge in [-0.25, -0.2) is 4.98 Å². The van der Waals surface area contributed by atoms with Gasteiger partial charge in [-0.2, -0.15) is 0 Å². The Bertz CT molecular complexity index is 806. The highest BCUT2D eigenvalue weighted by Crippen LogP contribution is 2.10. The summed E-state index contributed by atoms with van der Waals surface area (Å²) >= 11 is 0. The second-order valence-electron chi connectivity index (χ2n) is 5.86. The van der Waals surface area contributed by atoms with Crippen molar-refractivity contribution in [1.82, 2.24) is 15.3 Å². The molecule has 3 rings (SSSR count). The third-order valence-corrected chi connectivity index (χ3v) is 3.91. The first-order valence-electron chi connectivity index (χ1n) is 8.35. The molecule has 3 aromatic rings. The Morgan fingerprint density at radius 3 is 2.56 bits per heavy atom. The second-order valence-corrected chi connectivity index (χ2v) is 5.86. The highest BCUT2D eigenvalue weighted by atomic mass is 16.1. The first-order chi connectivity index (χ1) is 12.3. The lowest BCUT2D eigenvalue weighted by molar-refractivity contribution is -0.116. The van der Waals surface area contributed by atoms with Crippen molar-refractivity contribution in [3.63, 3.8) is 0 Å². The molecular weight excluding hydrogens is 310 g/mol. The van der Waals surface area contributed by atoms with Crippen LogP contribution in [-0.4, -0.2) is 22.4 Å². The number of hydrogen-bond acceptors (Lipinski definition) is 2. The molecule has 0 aliphatic carbocycles. The van der Waals surface area contributed by atoms with Crippen LogP contribution in [-0.2, 0) is 17.6 Å². The Morgan fingerprint density at radius 1 is 1.04 bits per heavy atom. The Labute approximate surface area is 147 Å². The highest BCUT2D eigenvalue weighted by molar-refractivity contribution is 5.91. The standard InChI is InChI=1S/C21H21N3O/c25-21(23-13-12-17-4-2-1-3-5-17)11-10-18-6-8-19(9-7-18)14-20-15-22-16-24-20/h1-11,15-16H,12-14H2,(H,22,24)(H,23,25)/b11-10+. The van der Waals surface area contributed by atoms with E-state index in [4.69, 9.17) is 0 Å². The van der Waals surface area contributed by atoms with Crippen LogP contribution in [0.25, 0.3) is 6.08 Å². The first kappa shape index (κ1) is 16.7. The third kappa shape index (κ3) is 5.46. The van der Waals surface area contributed by atoms with Crippen LogP contribution in [0.5, 0.6) is 0 Å². The number of aromatic nitrogens is 2. The Kier molecular flexibility index (Phi) is 5.77. The second kappa shape index (κ2) is 8.64. The van der Waals surface area contributed by atoms with Gasteiger partial charge in [0.15, 0.2) is 0 Å². The number of rotatable bonds is 7. The average Bonchev–Trinajstić information content (AvgIpc) is 3.15. The minimum absolute atomic E-state index is 0.0718. The lowest BCUT2D eigenvalue weighted by Gasteiger charge is -2.03. The summed E-state index contributed by atoms with van der Waals surface area (Å²) < 4.78 is 0. The molecule has 25 heavy (non-hydrogen) atoms. The van der Waals surface area contributed by atoms with Gasteiger partial charge in [0.2, 0.25) is 5.91 Å². The zero-order valence-corrected chi connectivity index (χ0v) is 14.0. The summed E-state index contributed by atoms with van der Waals surface area (Å²) in [6.07, 6.45) is 8.58. The van der Waals surface area contributed by atoms with E-state index in [2.05, 4.69) is 39.6 Å². The largest absolute Gasteiger partial charge is 0.352 e. The lowest BCUT2D eigenvalue weighted by Crippen LogP contribution is -2.23. The third-order valence-electron chi connectivity index (χ3n) is 3.91.